The number of rotatable bonds is 14. The Balaban J connectivity index is -0.00000443. The average Bonchev–Trinajstić information content (AvgIpc) is 3.34. The number of phenolic OH excluding ortho intramolecular Hbond substituents is 2. The predicted molar refractivity (Wildman–Crippen MR) is 255 cm³/mol. The smallest absolute Gasteiger partial charge is 0.745 e. The van der Waals surface area contributed by atoms with Gasteiger partial charge in [0.25, 0.3) is 5.69 Å². The maximum Gasteiger partial charge on any atom is 1.00 e. The number of hydrogen-bond acceptors (Lipinski definition) is 34. The minimum absolute atomic E-state index is 0. The number of nitrogens with zero attached hydrogens (tertiary/aromatic N) is 9. The molecule has 87 heavy (non-hydrogen) atoms. The molecule has 4 N–H and O–H groups in total. The first-order valence-electron chi connectivity index (χ1n) is 19.6. The van der Waals surface area contributed by atoms with E-state index >= 15 is 0 Å². The van der Waals surface area contributed by atoms with Crippen molar-refractivity contribution in [3.05, 3.63) is 113 Å². The third-order valence-corrected chi connectivity index (χ3v) is 13.9. The van der Waals surface area contributed by atoms with Crippen molar-refractivity contribution in [2.24, 2.45) is 40.9 Å². The molecule has 0 heterocycles. The molecule has 0 aliphatic rings. The SMILES string of the molecule is Nc1c(N=Nc2ccc3c(O)c(N=Nc4[c-]cc(N=Nc5ccc(S(=O)(=O)[O-])cc5)cc4)c(S(=O)(=O)[O-])cc3c2S(=O)(=O)[O-])cc(S(=O)(=O)[O-])c2c[c-]c(N=Nc3ccc([N+](=O)[O-])cc3S(=O)(=O)[O-])c(O)c12.O=S(=O)=O.O=S(=O)=O.[Na+].[Na+].[Na+].[Na+].[Na+].[Na+].[Na+]. The zero-order chi connectivity index (χ0) is 60.0. The number of non-ortho nitro benzene ring substituents is 1. The fourth-order valence-electron chi connectivity index (χ4n) is 6.32. The number of nitro groups is 1. The van der Waals surface area contributed by atoms with E-state index in [1.54, 1.807) is 0 Å². The van der Waals surface area contributed by atoms with Gasteiger partial charge in [-0.25, -0.2) is 47.2 Å². The second-order valence-electron chi connectivity index (χ2n) is 14.5. The van der Waals surface area contributed by atoms with Crippen LogP contribution in [0.1, 0.15) is 0 Å². The molecule has 7 aromatic carbocycles. The van der Waals surface area contributed by atoms with Crippen molar-refractivity contribution in [2.75, 3.05) is 5.73 Å². The van der Waals surface area contributed by atoms with Gasteiger partial charge in [-0.1, -0.05) is 5.39 Å². The number of benzene rings is 7. The monoisotopic (exact) mass is 1400 g/mol. The number of nitrogen functional groups attached to an aromatic ring is 1. The van der Waals surface area contributed by atoms with Gasteiger partial charge in [-0.15, -0.1) is 64.2 Å². The maximum atomic E-state index is 12.8. The van der Waals surface area contributed by atoms with E-state index in [0.29, 0.717) is 18.2 Å². The number of nitro benzene ring substituents is 1. The summed E-state index contributed by atoms with van der Waals surface area (Å²) in [5, 5.41) is 60.1. The number of azo groups is 4. The summed E-state index contributed by atoms with van der Waals surface area (Å²) >= 11 is 0. The Bertz CT molecular complexity index is 4680. The summed E-state index contributed by atoms with van der Waals surface area (Å²) in [6.07, 6.45) is 0. The second kappa shape index (κ2) is 37.1. The van der Waals surface area contributed by atoms with Crippen LogP contribution < -0.4 is 213 Å². The second-order valence-corrected chi connectivity index (χ2v) is 22.0. The van der Waals surface area contributed by atoms with Gasteiger partial charge in [-0.2, -0.15) is 38.7 Å². The quantitative estimate of drug-likeness (QED) is 0.0173. The molecule has 0 bridgehead atoms. The Labute approximate surface area is 647 Å². The van der Waals surface area contributed by atoms with Crippen LogP contribution in [-0.4, -0.2) is 105 Å². The van der Waals surface area contributed by atoms with Gasteiger partial charge in [0.15, 0.2) is 5.75 Å². The Hall–Kier alpha value is -1.95. The molecule has 0 aliphatic carbocycles. The van der Waals surface area contributed by atoms with Gasteiger partial charge in [0.05, 0.1) is 30.2 Å². The summed E-state index contributed by atoms with van der Waals surface area (Å²) < 4.78 is 233. The van der Waals surface area contributed by atoms with Crippen molar-refractivity contribution < 1.29 is 312 Å². The zero-order valence-corrected chi connectivity index (χ0v) is 64.6. The third kappa shape index (κ3) is 24.8. The average molecular weight is 1400 g/mol. The van der Waals surface area contributed by atoms with Gasteiger partial charge in [0, 0.05) is 44.9 Å². The Morgan fingerprint density at radius 1 is 0.460 bits per heavy atom. The Kier molecular flexibility index (Phi) is 38.0. The summed E-state index contributed by atoms with van der Waals surface area (Å²) in [5.74, 6) is -2.34. The molecule has 7 aromatic rings. The number of nitrogens with two attached hydrogens (primary N) is 1. The minimum Gasteiger partial charge on any atom is -0.745 e. The van der Waals surface area contributed by atoms with E-state index in [-0.39, 0.29) is 224 Å². The van der Waals surface area contributed by atoms with Gasteiger partial charge < -0.3 is 38.7 Å². The molecule has 0 amide bonds. The van der Waals surface area contributed by atoms with Gasteiger partial charge in [-0.05, 0) is 66.0 Å². The van der Waals surface area contributed by atoms with Crippen molar-refractivity contribution >= 4 is 150 Å². The van der Waals surface area contributed by atoms with Crippen LogP contribution in [0.25, 0.3) is 21.5 Å². The first kappa shape index (κ1) is 89.2. The van der Waals surface area contributed by atoms with Crippen LogP contribution in [0.2, 0.25) is 0 Å². The fraction of sp³-hybridized carbons (Fsp3) is 0. The molecule has 0 aliphatic heterocycles. The maximum absolute atomic E-state index is 12.8. The van der Waals surface area contributed by atoms with E-state index in [0.717, 1.165) is 42.5 Å². The van der Waals surface area contributed by atoms with E-state index in [1.807, 2.05) is 0 Å². The summed E-state index contributed by atoms with van der Waals surface area (Å²) in [6.45, 7) is 0. The molecule has 420 valence electrons. The van der Waals surface area contributed by atoms with Crippen molar-refractivity contribution in [3.8, 4) is 11.5 Å². The summed E-state index contributed by atoms with van der Waals surface area (Å²) in [6, 6.07) is 18.0. The van der Waals surface area contributed by atoms with Crippen LogP contribution in [0, 0.1) is 22.2 Å². The summed E-state index contributed by atoms with van der Waals surface area (Å²) in [5.41, 5.74) is 0.332. The molecule has 7 rings (SSSR count). The molecule has 0 radical (unpaired) electrons. The molecule has 0 aromatic heterocycles. The van der Waals surface area contributed by atoms with E-state index in [1.165, 1.54) is 30.3 Å². The minimum atomic E-state index is -5.84. The summed E-state index contributed by atoms with van der Waals surface area (Å²) in [7, 11) is -33.5. The van der Waals surface area contributed by atoms with E-state index < -0.39 is 174 Å². The molecule has 49 heteroatoms. The fourth-order valence-corrected chi connectivity index (χ4v) is 9.55. The Morgan fingerprint density at radius 3 is 1.44 bits per heavy atom. The van der Waals surface area contributed by atoms with Gasteiger partial charge in [-0.3, -0.25) is 10.1 Å². The van der Waals surface area contributed by atoms with Crippen molar-refractivity contribution in [1.29, 1.82) is 0 Å². The molecule has 0 spiro atoms. The van der Waals surface area contributed by atoms with Crippen molar-refractivity contribution in [2.45, 2.75) is 24.5 Å². The third-order valence-electron chi connectivity index (χ3n) is 9.51. The van der Waals surface area contributed by atoms with Gasteiger partial charge >= 0.3 is 228 Å². The number of anilines is 1. The molecule has 0 atom stereocenters. The molecule has 0 saturated heterocycles. The van der Waals surface area contributed by atoms with Crippen LogP contribution >= 0.6 is 0 Å². The molecule has 35 nitrogen and oxygen atoms in total. The molecular formula is C38H19N10Na7O25S7. The van der Waals surface area contributed by atoms with Gasteiger partial charge in [0.2, 0.25) is 0 Å². The normalized spacial score (nSPS) is 11.4. The van der Waals surface area contributed by atoms with Crippen molar-refractivity contribution in [1.82, 2.24) is 0 Å². The van der Waals surface area contributed by atoms with Crippen LogP contribution in [0.4, 0.5) is 56.9 Å². The first-order chi connectivity index (χ1) is 36.9. The van der Waals surface area contributed by atoms with Crippen LogP contribution in [-0.2, 0) is 71.8 Å². The van der Waals surface area contributed by atoms with Crippen LogP contribution in [0.15, 0.2) is 156 Å². The largest absolute Gasteiger partial charge is 1.00 e. The standard InChI is InChI=1S/C38H24N10O19S5.7Na.2O3S/c39-34-29(17-30(69(56,57)58)24-11-13-27(37(50)33(24)34)44-43-26-12-7-21(48(51)52)15-31(26)70(59,60)61)46-45-28-14-10-23-25(38(28)72(65,66)67)16-32(71(62,63)64)35(36(23)49)47-42-19-3-1-18(2-4-19)40-41-20-5-8-22(9-6-20)68(53,54)55;;;;;;;;2*1-4(2)3/h1-3,5-12,14-17,49-50H,39H2,(H,53,54,55)(H,56,57,58)(H,59,60,61)(H,62,63,64)(H,65,66,67);;;;;;;;;/q-2;7*+1;;/p-5. The molecule has 0 fully saturated rings. The van der Waals surface area contributed by atoms with Crippen LogP contribution in [0.3, 0.4) is 0 Å². The first-order valence-corrected chi connectivity index (χ1v) is 28.7. The zero-order valence-electron chi connectivity index (χ0n) is 44.9. The number of phenols is 2. The number of hydrogen-bond donors (Lipinski definition) is 3. The molecular weight excluding hydrogens is 1380 g/mol. The Morgan fingerprint density at radius 2 is 0.954 bits per heavy atom. The van der Waals surface area contributed by atoms with Crippen LogP contribution in [0.5, 0.6) is 11.5 Å². The molecule has 0 saturated carbocycles. The topological polar surface area (TPSA) is 597 Å². The summed E-state index contributed by atoms with van der Waals surface area (Å²) in [4.78, 5) is 4.41. The van der Waals surface area contributed by atoms with E-state index in [9.17, 15) is 85.2 Å². The predicted octanol–water partition coefficient (Wildman–Crippen LogP) is -16.3. The van der Waals surface area contributed by atoms with E-state index in [2.05, 4.69) is 53.0 Å². The van der Waals surface area contributed by atoms with Crippen molar-refractivity contribution in [3.63, 3.8) is 0 Å². The van der Waals surface area contributed by atoms with Gasteiger partial charge in [0.1, 0.15) is 73.3 Å². The van der Waals surface area contributed by atoms with E-state index in [4.69, 9.17) is 31.0 Å². The molecule has 0 unspecified atom stereocenters. The number of fused-ring (bicyclic) bond motifs is 2. The number of aromatic hydroxyl groups is 2.